The third kappa shape index (κ3) is 5.78. The Morgan fingerprint density at radius 2 is 1.54 bits per heavy atom. The van der Waals surface area contributed by atoms with Crippen LogP contribution in [-0.4, -0.2) is 40.7 Å². The first-order valence-corrected chi connectivity index (χ1v) is 10.5. The molecule has 1 atom stereocenters. The van der Waals surface area contributed by atoms with E-state index in [1.807, 2.05) is 0 Å². The van der Waals surface area contributed by atoms with Gasteiger partial charge in [-0.25, -0.2) is 9.97 Å². The summed E-state index contributed by atoms with van der Waals surface area (Å²) in [6.45, 7) is 0.543. The summed E-state index contributed by atoms with van der Waals surface area (Å²) in [5, 5.41) is 0. The zero-order valence-electron chi connectivity index (χ0n) is 18.2. The fourth-order valence-electron chi connectivity index (χ4n) is 3.69. The van der Waals surface area contributed by atoms with Gasteiger partial charge in [0.1, 0.15) is 34.8 Å². The van der Waals surface area contributed by atoms with E-state index in [1.165, 1.54) is 18.2 Å². The Balaban J connectivity index is 1.55. The SMILES string of the molecule is NC(=O)c1cc(N2CCC[C@H]2C(N)=O)nc(-c2ccc(Oc3ccc(OC(F)(F)F)cc3)cc2)n1. The number of carbonyl (C=O) groups is 2. The first-order chi connectivity index (χ1) is 16.6. The molecular formula is C23H20F3N5O4. The lowest BCUT2D eigenvalue weighted by atomic mass is 10.2. The van der Waals surface area contributed by atoms with Crippen molar-refractivity contribution in [2.24, 2.45) is 11.5 Å². The average Bonchev–Trinajstić information content (AvgIpc) is 3.30. The molecule has 2 heterocycles. The minimum absolute atomic E-state index is 0.0124. The monoisotopic (exact) mass is 487 g/mol. The molecule has 4 N–H and O–H groups in total. The Bertz CT molecular complexity index is 1230. The van der Waals surface area contributed by atoms with Crippen molar-refractivity contribution in [3.8, 4) is 28.6 Å². The van der Waals surface area contributed by atoms with Crippen LogP contribution in [-0.2, 0) is 4.79 Å². The molecule has 1 fully saturated rings. The number of amides is 2. The number of hydrogen-bond donors (Lipinski definition) is 2. The van der Waals surface area contributed by atoms with Crippen molar-refractivity contribution in [1.82, 2.24) is 9.97 Å². The molecule has 0 radical (unpaired) electrons. The van der Waals surface area contributed by atoms with E-state index < -0.39 is 24.2 Å². The smallest absolute Gasteiger partial charge is 0.457 e. The summed E-state index contributed by atoms with van der Waals surface area (Å²) in [6.07, 6.45) is -3.45. The second-order valence-electron chi connectivity index (χ2n) is 7.70. The maximum absolute atomic E-state index is 12.3. The number of anilines is 1. The molecule has 0 saturated carbocycles. The normalized spacial score (nSPS) is 15.6. The van der Waals surface area contributed by atoms with Gasteiger partial charge in [0, 0.05) is 18.2 Å². The van der Waals surface area contributed by atoms with Crippen molar-refractivity contribution in [2.45, 2.75) is 25.2 Å². The van der Waals surface area contributed by atoms with Gasteiger partial charge in [0.15, 0.2) is 5.82 Å². The molecule has 4 rings (SSSR count). The van der Waals surface area contributed by atoms with E-state index in [0.29, 0.717) is 35.8 Å². The Morgan fingerprint density at radius 1 is 0.943 bits per heavy atom. The van der Waals surface area contributed by atoms with E-state index in [-0.39, 0.29) is 17.3 Å². The standard InChI is InChI=1S/C23H20F3N5O4/c24-23(25,26)35-16-9-7-15(8-10-16)34-14-5-3-13(4-6-14)22-29-17(20(27)32)12-19(30-22)31-11-1-2-18(31)21(28)33/h3-10,12,18H,1-2,11H2,(H2,27,32)(H2,28,33)/t18-/m0/s1. The van der Waals surface area contributed by atoms with E-state index >= 15 is 0 Å². The second-order valence-corrected chi connectivity index (χ2v) is 7.70. The number of primary amides is 2. The fourth-order valence-corrected chi connectivity index (χ4v) is 3.69. The minimum Gasteiger partial charge on any atom is -0.457 e. The van der Waals surface area contributed by atoms with E-state index in [9.17, 15) is 22.8 Å². The first kappa shape index (κ1) is 23.8. The zero-order chi connectivity index (χ0) is 25.2. The highest BCUT2D eigenvalue weighted by molar-refractivity contribution is 5.92. The Labute approximate surface area is 197 Å². The second kappa shape index (κ2) is 9.49. The van der Waals surface area contributed by atoms with Crippen molar-refractivity contribution < 1.29 is 32.2 Å². The molecule has 3 aromatic rings. The van der Waals surface area contributed by atoms with Crippen LogP contribution in [0.4, 0.5) is 19.0 Å². The number of rotatable bonds is 7. The highest BCUT2D eigenvalue weighted by Crippen LogP contribution is 2.30. The molecule has 1 aliphatic rings. The van der Waals surface area contributed by atoms with Crippen LogP contribution in [0.3, 0.4) is 0 Å². The number of hydrogen-bond acceptors (Lipinski definition) is 7. The van der Waals surface area contributed by atoms with Crippen LogP contribution >= 0.6 is 0 Å². The molecule has 2 amide bonds. The van der Waals surface area contributed by atoms with Crippen molar-refractivity contribution in [3.05, 3.63) is 60.3 Å². The predicted octanol–water partition coefficient (Wildman–Crippen LogP) is 3.39. The predicted molar refractivity (Wildman–Crippen MR) is 119 cm³/mol. The van der Waals surface area contributed by atoms with Gasteiger partial charge in [0.05, 0.1) is 0 Å². The topological polar surface area (TPSA) is 134 Å². The summed E-state index contributed by atoms with van der Waals surface area (Å²) >= 11 is 0. The number of aromatic nitrogens is 2. The van der Waals surface area contributed by atoms with E-state index in [1.54, 1.807) is 29.2 Å². The van der Waals surface area contributed by atoms with Crippen molar-refractivity contribution in [2.75, 3.05) is 11.4 Å². The number of alkyl halides is 3. The van der Waals surface area contributed by atoms with Crippen LogP contribution in [0.15, 0.2) is 54.6 Å². The number of nitrogens with zero attached hydrogens (tertiary/aromatic N) is 3. The maximum Gasteiger partial charge on any atom is 0.573 e. The van der Waals surface area contributed by atoms with Gasteiger partial charge >= 0.3 is 6.36 Å². The summed E-state index contributed by atoms with van der Waals surface area (Å²) < 4.78 is 46.4. The van der Waals surface area contributed by atoms with Gasteiger partial charge in [-0.2, -0.15) is 0 Å². The van der Waals surface area contributed by atoms with Crippen LogP contribution in [0.5, 0.6) is 17.2 Å². The van der Waals surface area contributed by atoms with Gasteiger partial charge in [0.25, 0.3) is 5.91 Å². The number of carbonyl (C=O) groups excluding carboxylic acids is 2. The van der Waals surface area contributed by atoms with Gasteiger partial charge in [-0.1, -0.05) is 0 Å². The summed E-state index contributed by atoms with van der Waals surface area (Å²) in [5.41, 5.74) is 11.5. The molecule has 2 aromatic carbocycles. The van der Waals surface area contributed by atoms with Crippen LogP contribution in [0.2, 0.25) is 0 Å². The molecule has 1 saturated heterocycles. The lowest BCUT2D eigenvalue weighted by Gasteiger charge is -2.23. The lowest BCUT2D eigenvalue weighted by molar-refractivity contribution is -0.274. The molecule has 0 unspecified atom stereocenters. The Morgan fingerprint density at radius 3 is 2.11 bits per heavy atom. The molecule has 1 aliphatic heterocycles. The molecule has 35 heavy (non-hydrogen) atoms. The van der Waals surface area contributed by atoms with E-state index in [4.69, 9.17) is 16.2 Å². The number of nitrogens with two attached hydrogens (primary N) is 2. The molecule has 0 aliphatic carbocycles. The lowest BCUT2D eigenvalue weighted by Crippen LogP contribution is -2.41. The number of halogens is 3. The molecular weight excluding hydrogens is 467 g/mol. The van der Waals surface area contributed by atoms with Crippen LogP contribution in [0, 0.1) is 0 Å². The number of ether oxygens (including phenoxy) is 2. The fraction of sp³-hybridized carbons (Fsp3) is 0.217. The van der Waals surface area contributed by atoms with Crippen LogP contribution < -0.4 is 25.8 Å². The van der Waals surface area contributed by atoms with Gasteiger partial charge in [-0.3, -0.25) is 9.59 Å². The minimum atomic E-state index is -4.78. The van der Waals surface area contributed by atoms with Gasteiger partial charge in [0.2, 0.25) is 5.91 Å². The largest absolute Gasteiger partial charge is 0.573 e. The van der Waals surface area contributed by atoms with Crippen molar-refractivity contribution in [1.29, 1.82) is 0 Å². The molecule has 1 aromatic heterocycles. The van der Waals surface area contributed by atoms with Crippen molar-refractivity contribution >= 4 is 17.6 Å². The third-order valence-corrected chi connectivity index (χ3v) is 5.25. The van der Waals surface area contributed by atoms with Crippen LogP contribution in [0.1, 0.15) is 23.3 Å². The molecule has 0 bridgehead atoms. The van der Waals surface area contributed by atoms with E-state index in [2.05, 4.69) is 14.7 Å². The first-order valence-electron chi connectivity index (χ1n) is 10.5. The molecule has 9 nitrogen and oxygen atoms in total. The molecule has 0 spiro atoms. The highest BCUT2D eigenvalue weighted by Gasteiger charge is 2.32. The Kier molecular flexibility index (Phi) is 6.45. The van der Waals surface area contributed by atoms with Gasteiger partial charge in [-0.05, 0) is 61.4 Å². The van der Waals surface area contributed by atoms with Gasteiger partial charge < -0.3 is 25.8 Å². The van der Waals surface area contributed by atoms with E-state index in [0.717, 1.165) is 18.6 Å². The number of benzene rings is 2. The van der Waals surface area contributed by atoms with Crippen molar-refractivity contribution in [3.63, 3.8) is 0 Å². The average molecular weight is 487 g/mol. The summed E-state index contributed by atoms with van der Waals surface area (Å²) in [5.74, 6) is -0.311. The maximum atomic E-state index is 12.3. The summed E-state index contributed by atoms with van der Waals surface area (Å²) in [6, 6.07) is 12.4. The third-order valence-electron chi connectivity index (χ3n) is 5.25. The molecule has 182 valence electrons. The quantitative estimate of drug-likeness (QED) is 0.522. The molecule has 12 heteroatoms. The Hall–Kier alpha value is -4.35. The highest BCUT2D eigenvalue weighted by atomic mass is 19.4. The van der Waals surface area contributed by atoms with Gasteiger partial charge in [-0.15, -0.1) is 13.2 Å². The van der Waals surface area contributed by atoms with Crippen LogP contribution in [0.25, 0.3) is 11.4 Å². The summed E-state index contributed by atoms with van der Waals surface area (Å²) in [4.78, 5) is 34.1. The zero-order valence-corrected chi connectivity index (χ0v) is 18.2. The summed E-state index contributed by atoms with van der Waals surface area (Å²) in [7, 11) is 0.